The first kappa shape index (κ1) is 83.2. The number of aliphatic hydroxyl groups is 11. The first-order valence-electron chi connectivity index (χ1n) is 35.8. The summed E-state index contributed by atoms with van der Waals surface area (Å²) in [6.45, 7) is 1.60. The lowest BCUT2D eigenvalue weighted by atomic mass is 9.96. The van der Waals surface area contributed by atoms with Crippen molar-refractivity contribution in [2.45, 2.75) is 343 Å². The Hall–Kier alpha value is -3.03. The Balaban J connectivity index is 1.45. The van der Waals surface area contributed by atoms with Crippen LogP contribution in [0.2, 0.25) is 0 Å². The van der Waals surface area contributed by atoms with Crippen LogP contribution in [-0.4, -0.2) is 193 Å². The number of unbranched alkanes of at least 4 members (excludes halogenated alkanes) is 26. The molecule has 3 heterocycles. The van der Waals surface area contributed by atoms with Crippen LogP contribution in [0.4, 0.5) is 0 Å². The summed E-state index contributed by atoms with van der Waals surface area (Å²) in [5.41, 5.74) is 0. The van der Waals surface area contributed by atoms with Crippen LogP contribution in [0.3, 0.4) is 0 Å². The first-order valence-corrected chi connectivity index (χ1v) is 35.8. The van der Waals surface area contributed by atoms with Crippen LogP contribution in [0.1, 0.15) is 239 Å². The molecule has 3 fully saturated rings. The van der Waals surface area contributed by atoms with Crippen LogP contribution in [-0.2, 0) is 33.2 Å². The van der Waals surface area contributed by atoms with E-state index in [0.717, 1.165) is 83.5 Å². The Kier molecular flexibility index (Phi) is 48.9. The largest absolute Gasteiger partial charge is 0.394 e. The van der Waals surface area contributed by atoms with Crippen molar-refractivity contribution in [3.8, 4) is 0 Å². The van der Waals surface area contributed by atoms with Gasteiger partial charge in [0.05, 0.1) is 38.6 Å². The highest BCUT2D eigenvalue weighted by Crippen LogP contribution is 2.33. The van der Waals surface area contributed by atoms with Crippen molar-refractivity contribution in [3.63, 3.8) is 0 Å². The summed E-state index contributed by atoms with van der Waals surface area (Å²) in [4.78, 5) is 13.4. The highest BCUT2D eigenvalue weighted by atomic mass is 16.8. The van der Waals surface area contributed by atoms with Crippen molar-refractivity contribution >= 4 is 5.91 Å². The van der Waals surface area contributed by atoms with E-state index in [4.69, 9.17) is 28.4 Å². The molecule has 0 spiro atoms. The predicted molar refractivity (Wildman–Crippen MR) is 360 cm³/mol. The number of carbonyl (C=O) groups excluding carboxylic acids is 1. The fourth-order valence-electron chi connectivity index (χ4n) is 11.6. The van der Waals surface area contributed by atoms with E-state index in [-0.39, 0.29) is 18.9 Å². The van der Waals surface area contributed by atoms with Gasteiger partial charge in [-0.05, 0) is 77.0 Å². The van der Waals surface area contributed by atoms with E-state index in [9.17, 15) is 61.0 Å². The SMILES string of the molecule is CC/C=C\C/C=C\C/C=C\C/C=C\C/C=C\CCCCCCCCCCCC(=O)NC(COC1OC(CO)C(OC2OC(CO)C(OC3OC(CO)C(O)C(O)C3O)C(O)C2O)C(O)C1O)C(O)/C=C/CC/C=C/CCCCCCCCCCCCCCCCCC. The molecule has 17 unspecified atom stereocenters. The van der Waals surface area contributed by atoms with Gasteiger partial charge >= 0.3 is 0 Å². The molecule has 3 rings (SSSR count). The van der Waals surface area contributed by atoms with Crippen LogP contribution in [0.15, 0.2) is 85.1 Å². The lowest BCUT2D eigenvalue weighted by molar-refractivity contribution is -0.379. The molecule has 0 bridgehead atoms. The van der Waals surface area contributed by atoms with E-state index >= 15 is 0 Å². The standard InChI is InChI=1S/C73H127NO18/c1-3-5-7-9-11-13-15-17-19-21-23-25-27-28-29-31-33-35-37-39-41-43-45-47-49-51-61(79)74-56(57(78)50-48-46-44-42-40-38-36-34-32-30-26-24-22-20-18-16-14-12-10-8-6-4-2)55-87-71-67(85)64(82)69(59(53-76)89-71)92-73-68(86)65(83)70(60(54-77)90-73)91-72-66(84)63(81)62(80)58(52-75)88-72/h5,7,11,13,17,19,23,25,28-29,40,42,48,50,56-60,62-73,75-78,80-86H,3-4,6,8-10,12,14-16,18,20-22,24,26-27,30-39,41,43-47,49,51-55H2,1-2H3,(H,74,79)/b7-5-,13-11-,19-17-,25-23-,29-28-,42-40+,50-48+. The molecular weight excluding hydrogens is 1180 g/mol. The normalized spacial score (nSPS) is 28.2. The van der Waals surface area contributed by atoms with Crippen LogP contribution in [0.25, 0.3) is 0 Å². The number of hydrogen-bond acceptors (Lipinski definition) is 18. The zero-order chi connectivity index (χ0) is 66.8. The third-order valence-corrected chi connectivity index (χ3v) is 17.4. The topological polar surface area (TPSA) is 307 Å². The van der Waals surface area contributed by atoms with Gasteiger partial charge in [0.25, 0.3) is 0 Å². The molecule has 3 aliphatic rings. The smallest absolute Gasteiger partial charge is 0.220 e. The molecule has 17 atom stereocenters. The third-order valence-electron chi connectivity index (χ3n) is 17.4. The quantitative estimate of drug-likeness (QED) is 0.0199. The summed E-state index contributed by atoms with van der Waals surface area (Å²) in [6, 6.07) is -1.000. The van der Waals surface area contributed by atoms with Crippen LogP contribution in [0, 0.1) is 0 Å². The van der Waals surface area contributed by atoms with Gasteiger partial charge in [0.15, 0.2) is 18.9 Å². The Bertz CT molecular complexity index is 2000. The number of aliphatic hydroxyl groups excluding tert-OH is 11. The van der Waals surface area contributed by atoms with E-state index in [1.54, 1.807) is 6.08 Å². The van der Waals surface area contributed by atoms with Gasteiger partial charge in [-0.25, -0.2) is 0 Å². The van der Waals surface area contributed by atoms with Crippen molar-refractivity contribution in [2.24, 2.45) is 0 Å². The second-order valence-corrected chi connectivity index (χ2v) is 25.3. The van der Waals surface area contributed by atoms with Gasteiger partial charge in [-0.2, -0.15) is 0 Å². The van der Waals surface area contributed by atoms with E-state index < -0.39 is 124 Å². The minimum Gasteiger partial charge on any atom is -0.394 e. The fourth-order valence-corrected chi connectivity index (χ4v) is 11.6. The van der Waals surface area contributed by atoms with E-state index in [1.807, 2.05) is 6.08 Å². The zero-order valence-corrected chi connectivity index (χ0v) is 56.3. The average molecular weight is 1310 g/mol. The van der Waals surface area contributed by atoms with Gasteiger partial charge in [-0.3, -0.25) is 4.79 Å². The number of nitrogens with one attached hydrogen (secondary N) is 1. The van der Waals surface area contributed by atoms with Gasteiger partial charge in [0, 0.05) is 6.42 Å². The molecule has 3 aliphatic heterocycles. The number of hydrogen-bond donors (Lipinski definition) is 12. The summed E-state index contributed by atoms with van der Waals surface area (Å²) >= 11 is 0. The Labute approximate surface area is 552 Å². The molecule has 532 valence electrons. The Morgan fingerprint density at radius 2 is 0.761 bits per heavy atom. The van der Waals surface area contributed by atoms with Crippen molar-refractivity contribution in [2.75, 3.05) is 26.4 Å². The molecule has 0 aromatic carbocycles. The van der Waals surface area contributed by atoms with E-state index in [1.165, 1.54) is 122 Å². The molecule has 0 aromatic heterocycles. The molecule has 3 saturated heterocycles. The van der Waals surface area contributed by atoms with E-state index in [2.05, 4.69) is 92.1 Å². The van der Waals surface area contributed by atoms with Crippen LogP contribution >= 0.6 is 0 Å². The van der Waals surface area contributed by atoms with Gasteiger partial charge in [0.1, 0.15) is 73.2 Å². The molecule has 12 N–H and O–H groups in total. The second kappa shape index (κ2) is 54.0. The summed E-state index contributed by atoms with van der Waals surface area (Å²) in [6.07, 6.45) is 42.7. The number of rotatable bonds is 54. The van der Waals surface area contributed by atoms with Crippen LogP contribution < -0.4 is 5.32 Å². The summed E-state index contributed by atoms with van der Waals surface area (Å²) in [5, 5.41) is 121. The van der Waals surface area contributed by atoms with Crippen molar-refractivity contribution in [3.05, 3.63) is 85.1 Å². The van der Waals surface area contributed by atoms with Gasteiger partial charge < -0.3 is 89.9 Å². The summed E-state index contributed by atoms with van der Waals surface area (Å²) in [5.74, 6) is -0.294. The lowest BCUT2D eigenvalue weighted by Crippen LogP contribution is -2.66. The van der Waals surface area contributed by atoms with Crippen molar-refractivity contribution < 1.29 is 89.4 Å². The molecular formula is C73H127NO18. The second-order valence-electron chi connectivity index (χ2n) is 25.3. The molecule has 0 radical (unpaired) electrons. The maximum Gasteiger partial charge on any atom is 0.220 e. The maximum absolute atomic E-state index is 13.4. The molecule has 92 heavy (non-hydrogen) atoms. The minimum atomic E-state index is -1.99. The number of carbonyl (C=O) groups is 1. The van der Waals surface area contributed by atoms with Crippen molar-refractivity contribution in [1.29, 1.82) is 0 Å². The highest BCUT2D eigenvalue weighted by molar-refractivity contribution is 5.76. The average Bonchev–Trinajstić information content (AvgIpc) is 0.837. The number of ether oxygens (including phenoxy) is 6. The maximum atomic E-state index is 13.4. The molecule has 19 heteroatoms. The zero-order valence-electron chi connectivity index (χ0n) is 56.3. The molecule has 0 saturated carbocycles. The van der Waals surface area contributed by atoms with Gasteiger partial charge in [0.2, 0.25) is 5.91 Å². The monoisotopic (exact) mass is 1310 g/mol. The molecule has 19 nitrogen and oxygen atoms in total. The summed E-state index contributed by atoms with van der Waals surface area (Å²) in [7, 11) is 0. The molecule has 0 aromatic rings. The fraction of sp³-hybridized carbons (Fsp3) is 0.795. The Morgan fingerprint density at radius 1 is 0.402 bits per heavy atom. The Morgan fingerprint density at radius 3 is 1.22 bits per heavy atom. The first-order chi connectivity index (χ1) is 44.8. The van der Waals surface area contributed by atoms with Crippen molar-refractivity contribution in [1.82, 2.24) is 5.32 Å². The van der Waals surface area contributed by atoms with Gasteiger partial charge in [-0.1, -0.05) is 240 Å². The molecule has 0 aliphatic carbocycles. The molecule has 1 amide bonds. The number of allylic oxidation sites excluding steroid dienone is 13. The van der Waals surface area contributed by atoms with Gasteiger partial charge in [-0.15, -0.1) is 0 Å². The highest BCUT2D eigenvalue weighted by Gasteiger charge is 2.53. The van der Waals surface area contributed by atoms with E-state index in [0.29, 0.717) is 12.8 Å². The lowest BCUT2D eigenvalue weighted by Gasteiger charge is -2.48. The third kappa shape index (κ3) is 35.3. The summed E-state index contributed by atoms with van der Waals surface area (Å²) < 4.78 is 34.4. The number of amides is 1. The minimum absolute atomic E-state index is 0.224. The predicted octanol–water partition coefficient (Wildman–Crippen LogP) is 9.88. The van der Waals surface area contributed by atoms with Crippen LogP contribution in [0.5, 0.6) is 0 Å².